The molecule has 0 heterocycles. The average Bonchev–Trinajstić information content (AvgIpc) is 2.37. The summed E-state index contributed by atoms with van der Waals surface area (Å²) in [4.78, 5) is 0. The highest BCUT2D eigenvalue weighted by Crippen LogP contribution is 2.32. The zero-order valence-electron chi connectivity index (χ0n) is 11.8. The zero-order chi connectivity index (χ0) is 14.1. The van der Waals surface area contributed by atoms with E-state index >= 15 is 0 Å². The largest absolute Gasteiger partial charge is 0.492 e. The quantitative estimate of drug-likeness (QED) is 0.644. The third-order valence-electron chi connectivity index (χ3n) is 2.90. The van der Waals surface area contributed by atoms with Crippen LogP contribution in [0.3, 0.4) is 0 Å². The van der Waals surface area contributed by atoms with Gasteiger partial charge in [0.05, 0.1) is 11.6 Å². The monoisotopic (exact) mass is 303 g/mol. The number of hydrogen-bond donors (Lipinski definition) is 1. The number of benzene rings is 1. The average molecular weight is 304 g/mol. The van der Waals surface area contributed by atoms with Gasteiger partial charge in [0.1, 0.15) is 5.75 Å². The van der Waals surface area contributed by atoms with Gasteiger partial charge in [0.25, 0.3) is 0 Å². The maximum Gasteiger partial charge on any atom is 0.142 e. The van der Waals surface area contributed by atoms with Crippen LogP contribution >= 0.6 is 23.2 Å². The van der Waals surface area contributed by atoms with Crippen LogP contribution in [0.15, 0.2) is 12.1 Å². The Morgan fingerprint density at radius 3 is 2.58 bits per heavy atom. The van der Waals surface area contributed by atoms with Crippen molar-refractivity contribution in [3.63, 3.8) is 0 Å². The van der Waals surface area contributed by atoms with Gasteiger partial charge in [0, 0.05) is 17.1 Å². The van der Waals surface area contributed by atoms with E-state index < -0.39 is 0 Å². The normalized spacial score (nSPS) is 10.7. The van der Waals surface area contributed by atoms with E-state index in [1.165, 1.54) is 25.7 Å². The molecule has 0 unspecified atom stereocenters. The molecule has 1 N–H and O–H groups in total. The molecule has 2 nitrogen and oxygen atoms in total. The van der Waals surface area contributed by atoms with Crippen LogP contribution in [0.25, 0.3) is 0 Å². The Kier molecular flexibility index (Phi) is 8.27. The molecule has 1 aromatic rings. The first-order chi connectivity index (χ1) is 9.19. The maximum atomic E-state index is 6.16. The first kappa shape index (κ1) is 16.6. The topological polar surface area (TPSA) is 21.3 Å². The predicted molar refractivity (Wildman–Crippen MR) is 83.5 cm³/mol. The van der Waals surface area contributed by atoms with Crippen molar-refractivity contribution in [2.45, 2.75) is 46.1 Å². The van der Waals surface area contributed by atoms with E-state index in [-0.39, 0.29) is 0 Å². The molecule has 4 heteroatoms. The Hall–Kier alpha value is -0.440. The van der Waals surface area contributed by atoms with Crippen LogP contribution in [0, 0.1) is 0 Å². The van der Waals surface area contributed by atoms with E-state index in [0.717, 1.165) is 24.4 Å². The predicted octanol–water partition coefficient (Wildman–Crippen LogP) is 5.06. The summed E-state index contributed by atoms with van der Waals surface area (Å²) in [5.41, 5.74) is 1.02. The Bertz CT molecular complexity index is 383. The lowest BCUT2D eigenvalue weighted by Crippen LogP contribution is -2.15. The minimum absolute atomic E-state index is 0.581. The summed E-state index contributed by atoms with van der Waals surface area (Å²) in [6, 6.07) is 3.64. The third kappa shape index (κ3) is 6.03. The van der Waals surface area contributed by atoms with Crippen LogP contribution in [-0.2, 0) is 6.54 Å². The minimum Gasteiger partial charge on any atom is -0.492 e. The second-order valence-corrected chi connectivity index (χ2v) is 5.39. The SMILES string of the molecule is CCCCCCNCc1cc(Cl)cc(Cl)c1OCC. The van der Waals surface area contributed by atoms with E-state index in [1.807, 2.05) is 13.0 Å². The van der Waals surface area contributed by atoms with Crippen LogP contribution < -0.4 is 10.1 Å². The fraction of sp³-hybridized carbons (Fsp3) is 0.600. The van der Waals surface area contributed by atoms with E-state index in [1.54, 1.807) is 6.07 Å². The number of hydrogen-bond acceptors (Lipinski definition) is 2. The van der Waals surface area contributed by atoms with Gasteiger partial charge in [-0.05, 0) is 32.0 Å². The molecule has 19 heavy (non-hydrogen) atoms. The van der Waals surface area contributed by atoms with Crippen LogP contribution in [0.5, 0.6) is 5.75 Å². The van der Waals surface area contributed by atoms with Gasteiger partial charge in [-0.25, -0.2) is 0 Å². The summed E-state index contributed by atoms with van der Waals surface area (Å²) in [5.74, 6) is 0.745. The number of nitrogens with one attached hydrogen (secondary N) is 1. The molecule has 0 aliphatic heterocycles. The number of unbranched alkanes of at least 4 members (excludes halogenated alkanes) is 3. The Morgan fingerprint density at radius 2 is 1.89 bits per heavy atom. The molecule has 0 amide bonds. The van der Waals surface area contributed by atoms with Gasteiger partial charge in [-0.3, -0.25) is 0 Å². The lowest BCUT2D eigenvalue weighted by molar-refractivity contribution is 0.335. The highest BCUT2D eigenvalue weighted by molar-refractivity contribution is 6.35. The molecule has 0 atom stereocenters. The summed E-state index contributed by atoms with van der Waals surface area (Å²) >= 11 is 12.2. The van der Waals surface area contributed by atoms with Crippen LogP contribution in [0.4, 0.5) is 0 Å². The lowest BCUT2D eigenvalue weighted by Gasteiger charge is -2.13. The molecule has 0 aliphatic carbocycles. The molecular formula is C15H23Cl2NO. The van der Waals surface area contributed by atoms with Gasteiger partial charge in [-0.2, -0.15) is 0 Å². The Balaban J connectivity index is 2.51. The fourth-order valence-corrected chi connectivity index (χ4v) is 2.54. The molecule has 0 fully saturated rings. The molecule has 0 aliphatic rings. The lowest BCUT2D eigenvalue weighted by atomic mass is 10.2. The second kappa shape index (κ2) is 9.46. The van der Waals surface area contributed by atoms with E-state index in [2.05, 4.69) is 12.2 Å². The van der Waals surface area contributed by atoms with Gasteiger partial charge < -0.3 is 10.1 Å². The van der Waals surface area contributed by atoms with Crippen molar-refractivity contribution in [3.8, 4) is 5.75 Å². The van der Waals surface area contributed by atoms with Crippen molar-refractivity contribution in [3.05, 3.63) is 27.7 Å². The van der Waals surface area contributed by atoms with Gasteiger partial charge in [-0.1, -0.05) is 49.4 Å². The molecule has 0 aromatic heterocycles. The Labute approximate surface area is 126 Å². The molecule has 0 saturated carbocycles. The van der Waals surface area contributed by atoms with Crippen LogP contribution in [0.1, 0.15) is 45.1 Å². The van der Waals surface area contributed by atoms with Gasteiger partial charge >= 0.3 is 0 Å². The number of halogens is 2. The molecule has 1 rings (SSSR count). The van der Waals surface area contributed by atoms with E-state index in [4.69, 9.17) is 27.9 Å². The second-order valence-electron chi connectivity index (χ2n) is 4.55. The highest BCUT2D eigenvalue weighted by Gasteiger charge is 2.10. The first-order valence-electron chi connectivity index (χ1n) is 7.00. The first-order valence-corrected chi connectivity index (χ1v) is 7.76. The molecule has 0 spiro atoms. The van der Waals surface area contributed by atoms with Crippen molar-refractivity contribution in [2.24, 2.45) is 0 Å². The van der Waals surface area contributed by atoms with Gasteiger partial charge in [-0.15, -0.1) is 0 Å². The van der Waals surface area contributed by atoms with Crippen molar-refractivity contribution in [2.75, 3.05) is 13.2 Å². The number of ether oxygens (including phenoxy) is 1. The molecular weight excluding hydrogens is 281 g/mol. The molecule has 0 saturated heterocycles. The Morgan fingerprint density at radius 1 is 1.11 bits per heavy atom. The van der Waals surface area contributed by atoms with E-state index in [0.29, 0.717) is 16.7 Å². The summed E-state index contributed by atoms with van der Waals surface area (Å²) < 4.78 is 5.59. The van der Waals surface area contributed by atoms with Gasteiger partial charge in [0.2, 0.25) is 0 Å². The van der Waals surface area contributed by atoms with Crippen molar-refractivity contribution in [1.82, 2.24) is 5.32 Å². The summed E-state index contributed by atoms with van der Waals surface area (Å²) in [6.45, 7) is 6.52. The fourth-order valence-electron chi connectivity index (χ4n) is 1.95. The van der Waals surface area contributed by atoms with Crippen molar-refractivity contribution < 1.29 is 4.74 Å². The summed E-state index contributed by atoms with van der Waals surface area (Å²) in [7, 11) is 0. The van der Waals surface area contributed by atoms with Crippen LogP contribution in [-0.4, -0.2) is 13.2 Å². The van der Waals surface area contributed by atoms with Crippen molar-refractivity contribution >= 4 is 23.2 Å². The minimum atomic E-state index is 0.581. The molecule has 0 bridgehead atoms. The highest BCUT2D eigenvalue weighted by atomic mass is 35.5. The van der Waals surface area contributed by atoms with Crippen LogP contribution in [0.2, 0.25) is 10.0 Å². The molecule has 1 aromatic carbocycles. The van der Waals surface area contributed by atoms with Crippen molar-refractivity contribution in [1.29, 1.82) is 0 Å². The summed E-state index contributed by atoms with van der Waals surface area (Å²) in [5, 5.41) is 4.65. The summed E-state index contributed by atoms with van der Waals surface area (Å²) in [6.07, 6.45) is 5.04. The smallest absolute Gasteiger partial charge is 0.142 e. The van der Waals surface area contributed by atoms with E-state index in [9.17, 15) is 0 Å². The number of rotatable bonds is 9. The van der Waals surface area contributed by atoms with Gasteiger partial charge in [0.15, 0.2) is 0 Å². The maximum absolute atomic E-state index is 6.16. The zero-order valence-corrected chi connectivity index (χ0v) is 13.3. The molecule has 108 valence electrons. The standard InChI is InChI=1S/C15H23Cl2NO/c1-3-5-6-7-8-18-11-12-9-13(16)10-14(17)15(12)19-4-2/h9-10,18H,3-8,11H2,1-2H3. The molecule has 0 radical (unpaired) electrons. The third-order valence-corrected chi connectivity index (χ3v) is 3.40.